The minimum Gasteiger partial charge on any atom is -0.316 e. The van der Waals surface area contributed by atoms with E-state index in [1.165, 1.54) is 10.9 Å². The third-order valence-electron chi connectivity index (χ3n) is 3.30. The maximum absolute atomic E-state index is 4.42. The van der Waals surface area contributed by atoms with Crippen molar-refractivity contribution < 1.29 is 0 Å². The summed E-state index contributed by atoms with van der Waals surface area (Å²) in [5.41, 5.74) is 2.48. The molecule has 102 valence electrons. The average Bonchev–Trinajstić information content (AvgIpc) is 2.38. The first-order valence-electron chi connectivity index (χ1n) is 7.19. The molecule has 1 unspecified atom stereocenters. The number of hydrogen-bond acceptors (Lipinski definition) is 2. The second-order valence-electron chi connectivity index (χ2n) is 5.89. The van der Waals surface area contributed by atoms with E-state index in [0.29, 0.717) is 5.92 Å². The molecule has 2 rings (SSSR count). The second-order valence-corrected chi connectivity index (χ2v) is 5.89. The number of pyridine rings is 1. The summed E-state index contributed by atoms with van der Waals surface area (Å²) < 4.78 is 0. The van der Waals surface area contributed by atoms with E-state index in [2.05, 4.69) is 55.3 Å². The lowest BCUT2D eigenvalue weighted by Gasteiger charge is -2.14. The zero-order valence-electron chi connectivity index (χ0n) is 12.2. The highest BCUT2D eigenvalue weighted by Gasteiger charge is 2.05. The first-order valence-corrected chi connectivity index (χ1v) is 7.19. The topological polar surface area (TPSA) is 24.9 Å². The second kappa shape index (κ2) is 6.67. The van der Waals surface area contributed by atoms with Gasteiger partial charge in [0.05, 0.1) is 5.52 Å². The van der Waals surface area contributed by atoms with E-state index < -0.39 is 0 Å². The van der Waals surface area contributed by atoms with Crippen LogP contribution in [0.15, 0.2) is 36.5 Å². The van der Waals surface area contributed by atoms with E-state index in [1.807, 2.05) is 12.3 Å². The van der Waals surface area contributed by atoms with Gasteiger partial charge in [0.25, 0.3) is 0 Å². The molecule has 0 saturated heterocycles. The molecule has 0 aliphatic carbocycles. The van der Waals surface area contributed by atoms with Crippen LogP contribution in [0.25, 0.3) is 10.9 Å². The highest BCUT2D eigenvalue weighted by atomic mass is 14.9. The molecule has 0 bridgehead atoms. The third-order valence-corrected chi connectivity index (χ3v) is 3.30. The number of nitrogens with one attached hydrogen (secondary N) is 1. The predicted octanol–water partition coefficient (Wildman–Crippen LogP) is 3.66. The molecule has 1 N–H and O–H groups in total. The highest BCUT2D eigenvalue weighted by Crippen LogP contribution is 2.15. The number of fused-ring (bicyclic) bond motifs is 1. The Morgan fingerprint density at radius 1 is 1.11 bits per heavy atom. The molecule has 0 fully saturated rings. The highest BCUT2D eigenvalue weighted by molar-refractivity contribution is 5.78. The van der Waals surface area contributed by atoms with Crippen molar-refractivity contribution in [2.45, 2.75) is 27.2 Å². The summed E-state index contributed by atoms with van der Waals surface area (Å²) in [6.45, 7) is 8.97. The Bertz CT molecular complexity index is 519. The zero-order valence-corrected chi connectivity index (χ0v) is 12.2. The minimum absolute atomic E-state index is 0.653. The molecule has 0 spiro atoms. The first-order chi connectivity index (χ1) is 9.15. The van der Waals surface area contributed by atoms with Crippen LogP contribution in [0, 0.1) is 11.8 Å². The van der Waals surface area contributed by atoms with Crippen molar-refractivity contribution in [1.82, 2.24) is 10.3 Å². The van der Waals surface area contributed by atoms with Crippen LogP contribution in [0.1, 0.15) is 26.3 Å². The smallest absolute Gasteiger partial charge is 0.0704 e. The van der Waals surface area contributed by atoms with E-state index in [4.69, 9.17) is 0 Å². The molecule has 0 amide bonds. The summed E-state index contributed by atoms with van der Waals surface area (Å²) in [6.07, 6.45) is 2.97. The number of hydrogen-bond donors (Lipinski definition) is 1. The van der Waals surface area contributed by atoms with Crippen LogP contribution in [0.3, 0.4) is 0 Å². The molecule has 0 aliphatic rings. The molecule has 0 radical (unpaired) electrons. The molecule has 1 heterocycles. The fourth-order valence-corrected chi connectivity index (χ4v) is 2.33. The van der Waals surface area contributed by atoms with Gasteiger partial charge >= 0.3 is 0 Å². The molecule has 0 aliphatic heterocycles. The van der Waals surface area contributed by atoms with Crippen LogP contribution in [0.5, 0.6) is 0 Å². The molecule has 0 saturated carbocycles. The van der Waals surface area contributed by atoms with E-state index in [-0.39, 0.29) is 0 Å². The number of aromatic nitrogens is 1. The van der Waals surface area contributed by atoms with Crippen molar-refractivity contribution in [3.63, 3.8) is 0 Å². The van der Waals surface area contributed by atoms with Crippen molar-refractivity contribution >= 4 is 10.9 Å². The molecule has 1 aromatic heterocycles. The average molecular weight is 256 g/mol. The fourth-order valence-electron chi connectivity index (χ4n) is 2.33. The normalized spacial score (nSPS) is 13.1. The monoisotopic (exact) mass is 256 g/mol. The Kier molecular flexibility index (Phi) is 4.92. The Morgan fingerprint density at radius 2 is 1.95 bits per heavy atom. The van der Waals surface area contributed by atoms with Gasteiger partial charge in [-0.05, 0) is 49.0 Å². The summed E-state index contributed by atoms with van der Waals surface area (Å²) in [6, 6.07) is 10.7. The van der Waals surface area contributed by atoms with Gasteiger partial charge in [-0.2, -0.15) is 0 Å². The Morgan fingerprint density at radius 3 is 2.74 bits per heavy atom. The molecule has 2 aromatic rings. The molecule has 1 atom stereocenters. The van der Waals surface area contributed by atoms with Gasteiger partial charge in [0.1, 0.15) is 0 Å². The van der Waals surface area contributed by atoms with Crippen LogP contribution in [0.4, 0.5) is 0 Å². The van der Waals surface area contributed by atoms with Crippen molar-refractivity contribution in [2.75, 3.05) is 13.1 Å². The lowest BCUT2D eigenvalue weighted by molar-refractivity contribution is 0.473. The lowest BCUT2D eigenvalue weighted by Crippen LogP contribution is -2.26. The third kappa shape index (κ3) is 4.32. The van der Waals surface area contributed by atoms with Gasteiger partial charge in [0, 0.05) is 11.6 Å². The summed E-state index contributed by atoms with van der Waals surface area (Å²) in [5, 5.41) is 4.75. The van der Waals surface area contributed by atoms with Crippen molar-refractivity contribution in [3.05, 3.63) is 42.1 Å². The van der Waals surface area contributed by atoms with Crippen LogP contribution in [-0.2, 0) is 6.42 Å². The SMILES string of the molecule is CC(C)CNCC(C)Cc1ccc2cccnc2c1. The van der Waals surface area contributed by atoms with Crippen molar-refractivity contribution in [3.8, 4) is 0 Å². The molecule has 2 nitrogen and oxygen atoms in total. The van der Waals surface area contributed by atoms with E-state index in [9.17, 15) is 0 Å². The van der Waals surface area contributed by atoms with Gasteiger partial charge in [-0.1, -0.05) is 39.0 Å². The quantitative estimate of drug-likeness (QED) is 0.853. The van der Waals surface area contributed by atoms with Gasteiger partial charge in [0.15, 0.2) is 0 Å². The van der Waals surface area contributed by atoms with Crippen LogP contribution in [0.2, 0.25) is 0 Å². The molecule has 19 heavy (non-hydrogen) atoms. The van der Waals surface area contributed by atoms with Crippen molar-refractivity contribution in [1.29, 1.82) is 0 Å². The summed E-state index contributed by atoms with van der Waals surface area (Å²) in [4.78, 5) is 4.42. The van der Waals surface area contributed by atoms with E-state index in [1.54, 1.807) is 0 Å². The summed E-state index contributed by atoms with van der Waals surface area (Å²) in [5.74, 6) is 1.37. The Hall–Kier alpha value is -1.41. The van der Waals surface area contributed by atoms with Gasteiger partial charge < -0.3 is 5.32 Å². The van der Waals surface area contributed by atoms with Gasteiger partial charge in [-0.3, -0.25) is 4.98 Å². The first kappa shape index (κ1) is 14.0. The maximum Gasteiger partial charge on any atom is 0.0704 e. The summed E-state index contributed by atoms with van der Waals surface area (Å²) in [7, 11) is 0. The minimum atomic E-state index is 0.653. The molecule has 2 heteroatoms. The lowest BCUT2D eigenvalue weighted by atomic mass is 9.99. The van der Waals surface area contributed by atoms with Gasteiger partial charge in [-0.15, -0.1) is 0 Å². The predicted molar refractivity (Wildman–Crippen MR) is 82.3 cm³/mol. The van der Waals surface area contributed by atoms with Crippen LogP contribution >= 0.6 is 0 Å². The van der Waals surface area contributed by atoms with E-state index in [0.717, 1.165) is 30.9 Å². The van der Waals surface area contributed by atoms with Crippen LogP contribution < -0.4 is 5.32 Å². The Labute approximate surface area is 116 Å². The number of benzene rings is 1. The van der Waals surface area contributed by atoms with Crippen LogP contribution in [-0.4, -0.2) is 18.1 Å². The molecular weight excluding hydrogens is 232 g/mol. The van der Waals surface area contributed by atoms with Gasteiger partial charge in [0.2, 0.25) is 0 Å². The number of rotatable bonds is 6. The zero-order chi connectivity index (χ0) is 13.7. The van der Waals surface area contributed by atoms with E-state index >= 15 is 0 Å². The molecule has 1 aromatic carbocycles. The largest absolute Gasteiger partial charge is 0.316 e. The van der Waals surface area contributed by atoms with Crippen molar-refractivity contribution in [2.24, 2.45) is 11.8 Å². The summed E-state index contributed by atoms with van der Waals surface area (Å²) >= 11 is 0. The Balaban J connectivity index is 1.93. The fraction of sp³-hybridized carbons (Fsp3) is 0.471. The maximum atomic E-state index is 4.42. The molecular formula is C17H24N2. The standard InChI is InChI=1S/C17H24N2/c1-13(2)11-18-12-14(3)9-15-6-7-16-5-4-8-19-17(16)10-15/h4-8,10,13-14,18H,9,11-12H2,1-3H3. The van der Waals surface area contributed by atoms with Gasteiger partial charge in [-0.25, -0.2) is 0 Å². The number of nitrogens with zero attached hydrogens (tertiary/aromatic N) is 1.